The number of benzene rings is 1. The number of nitrogens with one attached hydrogen (secondary N) is 1. The molecule has 0 saturated carbocycles. The zero-order valence-electron chi connectivity index (χ0n) is 11.8. The molecule has 1 heterocycles. The monoisotopic (exact) mass is 270 g/mol. The second-order valence-corrected chi connectivity index (χ2v) is 5.60. The topological polar surface area (TPSA) is 55.1 Å². The molecule has 4 heteroatoms. The van der Waals surface area contributed by atoms with Crippen LogP contribution in [0.1, 0.15) is 40.7 Å². The summed E-state index contributed by atoms with van der Waals surface area (Å²) in [5.41, 5.74) is 3.36. The van der Waals surface area contributed by atoms with Gasteiger partial charge in [0.05, 0.1) is 0 Å². The van der Waals surface area contributed by atoms with Gasteiger partial charge in [0.2, 0.25) is 0 Å². The molecule has 1 aliphatic rings. The van der Waals surface area contributed by atoms with E-state index in [0.29, 0.717) is 11.6 Å². The van der Waals surface area contributed by atoms with Crippen molar-refractivity contribution in [3.8, 4) is 0 Å². The lowest BCUT2D eigenvalue weighted by Crippen LogP contribution is -2.17. The lowest BCUT2D eigenvalue weighted by Gasteiger charge is -2.16. The summed E-state index contributed by atoms with van der Waals surface area (Å²) in [5, 5.41) is 6.83. The third-order valence-corrected chi connectivity index (χ3v) is 3.81. The summed E-state index contributed by atoms with van der Waals surface area (Å²) >= 11 is 0. The average molecular weight is 270 g/mol. The molecule has 1 aliphatic carbocycles. The van der Waals surface area contributed by atoms with E-state index in [1.165, 1.54) is 0 Å². The van der Waals surface area contributed by atoms with Gasteiger partial charge in [0.25, 0.3) is 5.91 Å². The fraction of sp³-hybridized carbons (Fsp3) is 0.375. The van der Waals surface area contributed by atoms with E-state index in [0.717, 1.165) is 41.8 Å². The fourth-order valence-corrected chi connectivity index (χ4v) is 2.58. The van der Waals surface area contributed by atoms with E-state index in [9.17, 15) is 4.79 Å². The third-order valence-electron chi connectivity index (χ3n) is 3.81. The Hall–Kier alpha value is -2.10. The molecule has 0 unspecified atom stereocenters. The number of nitrogens with zero attached hydrogens (tertiary/aromatic N) is 1. The predicted octanol–water partition coefficient (Wildman–Crippen LogP) is 3.36. The van der Waals surface area contributed by atoms with Gasteiger partial charge in [0.15, 0.2) is 5.69 Å². The number of hydrogen-bond acceptors (Lipinski definition) is 3. The lowest BCUT2D eigenvalue weighted by atomic mass is 9.88. The molecule has 0 bridgehead atoms. The Labute approximate surface area is 118 Å². The Morgan fingerprint density at radius 3 is 2.85 bits per heavy atom. The van der Waals surface area contributed by atoms with Gasteiger partial charge in [-0.1, -0.05) is 29.8 Å². The van der Waals surface area contributed by atoms with Crippen molar-refractivity contribution < 1.29 is 9.32 Å². The van der Waals surface area contributed by atoms with Crippen LogP contribution in [-0.2, 0) is 12.8 Å². The molecule has 0 radical (unpaired) electrons. The van der Waals surface area contributed by atoms with Crippen LogP contribution in [0.15, 0.2) is 28.8 Å². The number of rotatable bonds is 2. The van der Waals surface area contributed by atoms with Gasteiger partial charge in [-0.3, -0.25) is 4.79 Å². The van der Waals surface area contributed by atoms with E-state index in [1.54, 1.807) is 0 Å². The zero-order valence-corrected chi connectivity index (χ0v) is 11.8. The Morgan fingerprint density at radius 2 is 2.10 bits per heavy atom. The van der Waals surface area contributed by atoms with Crippen molar-refractivity contribution in [1.29, 1.82) is 0 Å². The molecular formula is C16H18N2O2. The average Bonchev–Trinajstić information content (AvgIpc) is 2.84. The van der Waals surface area contributed by atoms with Gasteiger partial charge >= 0.3 is 0 Å². The number of fused-ring (bicyclic) bond motifs is 1. The van der Waals surface area contributed by atoms with Crippen molar-refractivity contribution in [2.75, 3.05) is 5.32 Å². The van der Waals surface area contributed by atoms with Crippen LogP contribution in [0, 0.1) is 12.8 Å². The largest absolute Gasteiger partial charge is 0.360 e. The number of amides is 1. The summed E-state index contributed by atoms with van der Waals surface area (Å²) < 4.78 is 5.30. The van der Waals surface area contributed by atoms with E-state index in [4.69, 9.17) is 4.52 Å². The number of aryl methyl sites for hydroxylation is 2. The van der Waals surface area contributed by atoms with Crippen LogP contribution in [0.2, 0.25) is 0 Å². The van der Waals surface area contributed by atoms with Crippen molar-refractivity contribution in [1.82, 2.24) is 5.16 Å². The standard InChI is InChI=1S/C16H18N2O2/c1-10-3-6-12(7-4-10)17-16(19)15-13-9-11(2)5-8-14(13)20-18-15/h3-4,6-7,11H,5,8-9H2,1-2H3,(H,17,19)/t11-/m0/s1. The highest BCUT2D eigenvalue weighted by atomic mass is 16.5. The predicted molar refractivity (Wildman–Crippen MR) is 76.8 cm³/mol. The smallest absolute Gasteiger partial charge is 0.278 e. The third kappa shape index (κ3) is 2.46. The minimum Gasteiger partial charge on any atom is -0.360 e. The summed E-state index contributed by atoms with van der Waals surface area (Å²) in [6.07, 6.45) is 2.85. The molecule has 0 saturated heterocycles. The van der Waals surface area contributed by atoms with Crippen molar-refractivity contribution in [2.24, 2.45) is 5.92 Å². The summed E-state index contributed by atoms with van der Waals surface area (Å²) in [5.74, 6) is 1.26. The minimum atomic E-state index is -0.187. The Balaban J connectivity index is 1.81. The number of carbonyl (C=O) groups excluding carboxylic acids is 1. The Bertz CT molecular complexity index is 628. The van der Waals surface area contributed by atoms with E-state index in [-0.39, 0.29) is 5.91 Å². The first-order valence-corrected chi connectivity index (χ1v) is 6.99. The quantitative estimate of drug-likeness (QED) is 0.910. The maximum Gasteiger partial charge on any atom is 0.278 e. The van der Waals surface area contributed by atoms with E-state index >= 15 is 0 Å². The second kappa shape index (κ2) is 5.12. The molecule has 1 atom stereocenters. The van der Waals surface area contributed by atoms with Gasteiger partial charge in [-0.2, -0.15) is 0 Å². The Morgan fingerprint density at radius 1 is 1.35 bits per heavy atom. The first-order valence-electron chi connectivity index (χ1n) is 6.99. The van der Waals surface area contributed by atoms with Crippen LogP contribution in [-0.4, -0.2) is 11.1 Å². The summed E-state index contributed by atoms with van der Waals surface area (Å²) in [4.78, 5) is 12.3. The number of anilines is 1. The molecule has 4 nitrogen and oxygen atoms in total. The van der Waals surface area contributed by atoms with Crippen LogP contribution in [0.25, 0.3) is 0 Å². The first-order chi connectivity index (χ1) is 9.63. The van der Waals surface area contributed by atoms with Crippen LogP contribution < -0.4 is 5.32 Å². The van der Waals surface area contributed by atoms with Gasteiger partial charge in [-0.25, -0.2) is 0 Å². The van der Waals surface area contributed by atoms with Crippen LogP contribution in [0.4, 0.5) is 5.69 Å². The van der Waals surface area contributed by atoms with Gasteiger partial charge in [-0.05, 0) is 37.8 Å². The van der Waals surface area contributed by atoms with Gasteiger partial charge in [-0.15, -0.1) is 0 Å². The summed E-state index contributed by atoms with van der Waals surface area (Å²) in [6.45, 7) is 4.21. The molecule has 0 spiro atoms. The highest BCUT2D eigenvalue weighted by Gasteiger charge is 2.26. The maximum absolute atomic E-state index is 12.3. The molecule has 104 valence electrons. The molecule has 1 aromatic carbocycles. The maximum atomic E-state index is 12.3. The highest BCUT2D eigenvalue weighted by Crippen LogP contribution is 2.28. The van der Waals surface area contributed by atoms with E-state index in [2.05, 4.69) is 17.4 Å². The normalized spacial score (nSPS) is 17.6. The SMILES string of the molecule is Cc1ccc(NC(=O)c2noc3c2C[C@@H](C)CC3)cc1. The summed E-state index contributed by atoms with van der Waals surface area (Å²) in [7, 11) is 0. The molecule has 20 heavy (non-hydrogen) atoms. The van der Waals surface area contributed by atoms with Gasteiger partial charge < -0.3 is 9.84 Å². The zero-order chi connectivity index (χ0) is 14.1. The first kappa shape index (κ1) is 12.9. The molecule has 1 amide bonds. The van der Waals surface area contributed by atoms with Gasteiger partial charge in [0.1, 0.15) is 5.76 Å². The second-order valence-electron chi connectivity index (χ2n) is 5.60. The number of aromatic nitrogens is 1. The van der Waals surface area contributed by atoms with Crippen molar-refractivity contribution >= 4 is 11.6 Å². The summed E-state index contributed by atoms with van der Waals surface area (Å²) in [6, 6.07) is 7.72. The minimum absolute atomic E-state index is 0.187. The molecule has 2 aromatic rings. The van der Waals surface area contributed by atoms with Crippen LogP contribution in [0.5, 0.6) is 0 Å². The Kier molecular flexibility index (Phi) is 3.30. The van der Waals surface area contributed by atoms with E-state index < -0.39 is 0 Å². The van der Waals surface area contributed by atoms with Crippen LogP contribution >= 0.6 is 0 Å². The van der Waals surface area contributed by atoms with Crippen molar-refractivity contribution in [3.05, 3.63) is 46.8 Å². The fourth-order valence-electron chi connectivity index (χ4n) is 2.58. The van der Waals surface area contributed by atoms with Crippen molar-refractivity contribution in [3.63, 3.8) is 0 Å². The molecule has 3 rings (SSSR count). The molecule has 1 aromatic heterocycles. The lowest BCUT2D eigenvalue weighted by molar-refractivity contribution is 0.101. The molecule has 0 aliphatic heterocycles. The highest BCUT2D eigenvalue weighted by molar-refractivity contribution is 6.03. The number of hydrogen-bond donors (Lipinski definition) is 1. The van der Waals surface area contributed by atoms with E-state index in [1.807, 2.05) is 31.2 Å². The molecule has 0 fully saturated rings. The van der Waals surface area contributed by atoms with Crippen molar-refractivity contribution in [2.45, 2.75) is 33.1 Å². The molecule has 1 N–H and O–H groups in total. The molecular weight excluding hydrogens is 252 g/mol. The van der Waals surface area contributed by atoms with Crippen LogP contribution in [0.3, 0.4) is 0 Å². The number of carbonyl (C=O) groups is 1. The van der Waals surface area contributed by atoms with Gasteiger partial charge in [0, 0.05) is 17.7 Å².